The zero-order valence-corrected chi connectivity index (χ0v) is 12.7. The smallest absolute Gasteiger partial charge is 0.160 e. The van der Waals surface area contributed by atoms with Crippen LogP contribution in [0, 0.1) is 23.0 Å². The lowest BCUT2D eigenvalue weighted by molar-refractivity contribution is 0.133. The van der Waals surface area contributed by atoms with Crippen molar-refractivity contribution in [2.45, 2.75) is 44.9 Å². The van der Waals surface area contributed by atoms with Gasteiger partial charge in [-0.15, -0.1) is 11.6 Å². The molecule has 0 amide bonds. The lowest BCUT2D eigenvalue weighted by atomic mass is 9.66. The van der Waals surface area contributed by atoms with E-state index in [0.29, 0.717) is 5.56 Å². The average Bonchev–Trinajstić information content (AvgIpc) is 2.32. The normalized spacial score (nSPS) is 24.2. The first kappa shape index (κ1) is 15.1. The topological polar surface area (TPSA) is 0 Å². The zero-order chi connectivity index (χ0) is 14.2. The van der Waals surface area contributed by atoms with Crippen LogP contribution in [-0.4, -0.2) is 0 Å². The third-order valence-corrected chi connectivity index (χ3v) is 5.15. The molecule has 1 aromatic rings. The average molecular weight is 307 g/mol. The summed E-state index contributed by atoms with van der Waals surface area (Å²) in [5, 5.41) is -0.168. The Balaban J connectivity index is 2.33. The highest BCUT2D eigenvalue weighted by Gasteiger charge is 2.38. The molecule has 0 saturated heterocycles. The maximum atomic E-state index is 13.4. The van der Waals surface area contributed by atoms with E-state index in [1.165, 1.54) is 6.42 Å². The number of alkyl halides is 1. The van der Waals surface area contributed by atoms with E-state index < -0.39 is 11.6 Å². The van der Waals surface area contributed by atoms with Gasteiger partial charge in [0, 0.05) is 5.02 Å². The second-order valence-electron chi connectivity index (χ2n) is 6.03. The monoisotopic (exact) mass is 306 g/mol. The van der Waals surface area contributed by atoms with Crippen LogP contribution in [0.3, 0.4) is 0 Å². The highest BCUT2D eigenvalue weighted by atomic mass is 35.5. The first-order valence-electron chi connectivity index (χ1n) is 6.61. The summed E-state index contributed by atoms with van der Waals surface area (Å²) in [5.74, 6) is -1.59. The zero-order valence-electron chi connectivity index (χ0n) is 11.1. The summed E-state index contributed by atoms with van der Waals surface area (Å²) in [7, 11) is 0. The summed E-state index contributed by atoms with van der Waals surface area (Å²) >= 11 is 12.5. The van der Waals surface area contributed by atoms with Gasteiger partial charge in [0.2, 0.25) is 0 Å². The van der Waals surface area contributed by atoms with Crippen molar-refractivity contribution in [1.82, 2.24) is 0 Å². The molecule has 1 aliphatic carbocycles. The lowest BCUT2D eigenvalue weighted by Gasteiger charge is -2.41. The minimum absolute atomic E-state index is 0.0961. The number of hydrogen-bond donors (Lipinski definition) is 0. The molecule has 19 heavy (non-hydrogen) atoms. The quantitative estimate of drug-likeness (QED) is 0.456. The van der Waals surface area contributed by atoms with Gasteiger partial charge in [0.15, 0.2) is 11.6 Å². The molecule has 0 bridgehead atoms. The Hall–Kier alpha value is -0.340. The first-order chi connectivity index (χ1) is 8.83. The second-order valence-corrected chi connectivity index (χ2v) is 6.91. The van der Waals surface area contributed by atoms with Crippen LogP contribution < -0.4 is 0 Å². The van der Waals surface area contributed by atoms with Crippen LogP contribution in [-0.2, 0) is 0 Å². The van der Waals surface area contributed by atoms with Gasteiger partial charge >= 0.3 is 0 Å². The van der Waals surface area contributed by atoms with Crippen LogP contribution in [0.5, 0.6) is 0 Å². The van der Waals surface area contributed by atoms with Gasteiger partial charge in [0.1, 0.15) is 0 Å². The summed E-state index contributed by atoms with van der Waals surface area (Å²) < 4.78 is 26.5. The Morgan fingerprint density at radius 1 is 1.21 bits per heavy atom. The van der Waals surface area contributed by atoms with E-state index in [9.17, 15) is 8.78 Å². The molecule has 1 aromatic carbocycles. The lowest BCUT2D eigenvalue weighted by Crippen LogP contribution is -2.31. The van der Waals surface area contributed by atoms with Crippen molar-refractivity contribution in [1.29, 1.82) is 0 Å². The number of rotatable bonds is 2. The standard InChI is InChI=1S/C15H18Cl2F2/c1-15(2)6-4-3-5-10(15)14(17)9-7-12(18)13(19)8-11(9)16/h7-8,10,14H,3-6H2,1-2H3. The van der Waals surface area contributed by atoms with Gasteiger partial charge in [-0.3, -0.25) is 0 Å². The summed E-state index contributed by atoms with van der Waals surface area (Å²) in [6.07, 6.45) is 4.41. The molecule has 0 radical (unpaired) electrons. The first-order valence-corrected chi connectivity index (χ1v) is 7.43. The van der Waals surface area contributed by atoms with E-state index >= 15 is 0 Å². The Morgan fingerprint density at radius 3 is 2.47 bits per heavy atom. The van der Waals surface area contributed by atoms with Crippen LogP contribution in [0.1, 0.15) is 50.5 Å². The highest BCUT2D eigenvalue weighted by Crippen LogP contribution is 2.50. The van der Waals surface area contributed by atoms with Gasteiger partial charge in [-0.25, -0.2) is 8.78 Å². The molecule has 1 fully saturated rings. The fraction of sp³-hybridized carbons (Fsp3) is 0.600. The van der Waals surface area contributed by atoms with Crippen molar-refractivity contribution in [3.63, 3.8) is 0 Å². The van der Waals surface area contributed by atoms with Gasteiger partial charge in [-0.05, 0) is 41.9 Å². The molecule has 1 saturated carbocycles. The SMILES string of the molecule is CC1(C)CCCCC1C(Cl)c1cc(F)c(F)cc1Cl. The molecule has 0 heterocycles. The van der Waals surface area contributed by atoms with Crippen LogP contribution in [0.15, 0.2) is 12.1 Å². The predicted molar refractivity (Wildman–Crippen MR) is 75.7 cm³/mol. The molecule has 1 aliphatic rings. The Bertz CT molecular complexity index is 471. The molecule has 0 spiro atoms. The number of halogens is 4. The van der Waals surface area contributed by atoms with Gasteiger partial charge in [0.25, 0.3) is 0 Å². The Morgan fingerprint density at radius 2 is 1.84 bits per heavy atom. The minimum Gasteiger partial charge on any atom is -0.204 e. The van der Waals surface area contributed by atoms with Crippen LogP contribution in [0.25, 0.3) is 0 Å². The van der Waals surface area contributed by atoms with Crippen molar-refractivity contribution in [3.8, 4) is 0 Å². The summed E-state index contributed by atoms with van der Waals surface area (Å²) in [4.78, 5) is 0. The molecular formula is C15H18Cl2F2. The van der Waals surface area contributed by atoms with Crippen molar-refractivity contribution in [3.05, 3.63) is 34.4 Å². The van der Waals surface area contributed by atoms with Crippen molar-refractivity contribution in [2.24, 2.45) is 11.3 Å². The van der Waals surface area contributed by atoms with Crippen LogP contribution >= 0.6 is 23.2 Å². The van der Waals surface area contributed by atoms with Crippen LogP contribution in [0.4, 0.5) is 8.78 Å². The molecule has 2 atom stereocenters. The molecular weight excluding hydrogens is 289 g/mol. The fourth-order valence-electron chi connectivity index (χ4n) is 3.03. The van der Waals surface area contributed by atoms with E-state index in [4.69, 9.17) is 23.2 Å². The van der Waals surface area contributed by atoms with Gasteiger partial charge < -0.3 is 0 Å². The third-order valence-electron chi connectivity index (χ3n) is 4.28. The van der Waals surface area contributed by atoms with E-state index in [0.717, 1.165) is 31.4 Å². The minimum atomic E-state index is -0.930. The number of benzene rings is 1. The van der Waals surface area contributed by atoms with Crippen molar-refractivity contribution < 1.29 is 8.78 Å². The molecule has 0 aromatic heterocycles. The summed E-state index contributed by atoms with van der Waals surface area (Å²) in [5.41, 5.74) is 0.598. The Labute approximate surface area is 123 Å². The van der Waals surface area contributed by atoms with Gasteiger partial charge in [-0.2, -0.15) is 0 Å². The highest BCUT2D eigenvalue weighted by molar-refractivity contribution is 6.32. The van der Waals surface area contributed by atoms with Crippen molar-refractivity contribution in [2.75, 3.05) is 0 Å². The molecule has 4 heteroatoms. The maximum Gasteiger partial charge on any atom is 0.160 e. The van der Waals surface area contributed by atoms with E-state index in [-0.39, 0.29) is 21.7 Å². The van der Waals surface area contributed by atoms with Gasteiger partial charge in [0.05, 0.1) is 5.38 Å². The third kappa shape index (κ3) is 3.05. The molecule has 0 N–H and O–H groups in total. The maximum absolute atomic E-state index is 13.4. The second kappa shape index (κ2) is 5.57. The number of hydrogen-bond acceptors (Lipinski definition) is 0. The molecule has 106 valence electrons. The summed E-state index contributed by atoms with van der Waals surface area (Å²) in [6.45, 7) is 4.36. The molecule has 0 nitrogen and oxygen atoms in total. The van der Waals surface area contributed by atoms with Gasteiger partial charge in [-0.1, -0.05) is 38.3 Å². The van der Waals surface area contributed by atoms with E-state index in [1.54, 1.807) is 0 Å². The molecule has 0 aliphatic heterocycles. The molecule has 2 unspecified atom stereocenters. The summed E-state index contributed by atoms with van der Waals surface area (Å²) in [6, 6.07) is 2.15. The largest absolute Gasteiger partial charge is 0.204 e. The Kier molecular flexibility index (Phi) is 4.42. The van der Waals surface area contributed by atoms with Crippen LogP contribution in [0.2, 0.25) is 5.02 Å². The van der Waals surface area contributed by atoms with Crippen molar-refractivity contribution >= 4 is 23.2 Å². The van der Waals surface area contributed by atoms with E-state index in [1.807, 2.05) is 0 Å². The molecule has 2 rings (SSSR count). The van der Waals surface area contributed by atoms with E-state index in [2.05, 4.69) is 13.8 Å². The predicted octanol–water partition coefficient (Wildman–Crippen LogP) is 6.11. The fourth-order valence-corrected chi connectivity index (χ4v) is 4.00.